The Hall–Kier alpha value is -3.35. The normalized spacial score (nSPS) is 16.7. The molecule has 1 aliphatic heterocycles. The number of nitrogens with zero attached hydrogens (tertiary/aromatic N) is 1. The van der Waals surface area contributed by atoms with Crippen LogP contribution >= 0.6 is 0 Å². The van der Waals surface area contributed by atoms with Crippen LogP contribution < -0.4 is 5.32 Å². The van der Waals surface area contributed by atoms with Crippen LogP contribution in [-0.2, 0) is 17.5 Å². The predicted octanol–water partition coefficient (Wildman–Crippen LogP) is 5.03. The molecule has 3 aromatic carbocycles. The summed E-state index contributed by atoms with van der Waals surface area (Å²) in [5.74, 6) is -0.761. The van der Waals surface area contributed by atoms with E-state index < -0.39 is 17.7 Å². The van der Waals surface area contributed by atoms with Crippen LogP contribution in [0.5, 0.6) is 0 Å². The molecule has 0 spiro atoms. The number of hydrogen-bond acceptors (Lipinski definition) is 2. The molecule has 1 fully saturated rings. The highest BCUT2D eigenvalue weighted by Crippen LogP contribution is 2.29. The SMILES string of the molecule is O=C(NCc1cccc(C(F)(F)F)c1)C1CCCN(C(=O)c2cccc3ccccc23)C1. The Bertz CT molecular complexity index is 1140. The van der Waals surface area contributed by atoms with Crippen molar-refractivity contribution in [3.63, 3.8) is 0 Å². The fraction of sp³-hybridized carbons (Fsp3) is 0.280. The van der Waals surface area contributed by atoms with Gasteiger partial charge in [0.15, 0.2) is 0 Å². The Morgan fingerprint density at radius 1 is 1.00 bits per heavy atom. The minimum Gasteiger partial charge on any atom is -0.352 e. The van der Waals surface area contributed by atoms with Gasteiger partial charge in [-0.3, -0.25) is 9.59 Å². The number of halogens is 3. The summed E-state index contributed by atoms with van der Waals surface area (Å²) in [5, 5.41) is 4.58. The molecule has 1 unspecified atom stereocenters. The molecule has 4 nitrogen and oxygen atoms in total. The first-order valence-corrected chi connectivity index (χ1v) is 10.5. The van der Waals surface area contributed by atoms with E-state index in [1.54, 1.807) is 17.0 Å². The van der Waals surface area contributed by atoms with Crippen LogP contribution in [0, 0.1) is 5.92 Å². The van der Waals surface area contributed by atoms with Crippen LogP contribution in [0.1, 0.15) is 34.3 Å². The molecule has 2 amide bonds. The van der Waals surface area contributed by atoms with Gasteiger partial charge in [-0.2, -0.15) is 13.2 Å². The van der Waals surface area contributed by atoms with Crippen molar-refractivity contribution in [1.82, 2.24) is 10.2 Å². The van der Waals surface area contributed by atoms with E-state index in [1.807, 2.05) is 36.4 Å². The molecule has 1 aliphatic rings. The predicted molar refractivity (Wildman–Crippen MR) is 116 cm³/mol. The van der Waals surface area contributed by atoms with Crippen molar-refractivity contribution in [2.45, 2.75) is 25.6 Å². The van der Waals surface area contributed by atoms with E-state index in [4.69, 9.17) is 0 Å². The molecule has 1 heterocycles. The van der Waals surface area contributed by atoms with Crippen molar-refractivity contribution in [3.8, 4) is 0 Å². The van der Waals surface area contributed by atoms with E-state index in [1.165, 1.54) is 6.07 Å². The Kier molecular flexibility index (Phi) is 6.17. The largest absolute Gasteiger partial charge is 0.416 e. The molecule has 0 aliphatic carbocycles. The van der Waals surface area contributed by atoms with E-state index in [0.717, 1.165) is 22.9 Å². The summed E-state index contributed by atoms with van der Waals surface area (Å²) < 4.78 is 38.7. The number of likely N-dealkylation sites (tertiary alicyclic amines) is 1. The third-order valence-electron chi connectivity index (χ3n) is 5.82. The molecular weight excluding hydrogens is 417 g/mol. The number of fused-ring (bicyclic) bond motifs is 1. The lowest BCUT2D eigenvalue weighted by atomic mass is 9.95. The second kappa shape index (κ2) is 9.02. The molecule has 7 heteroatoms. The number of rotatable bonds is 4. The van der Waals surface area contributed by atoms with Crippen LogP contribution in [0.3, 0.4) is 0 Å². The van der Waals surface area contributed by atoms with Crippen LogP contribution in [0.15, 0.2) is 66.7 Å². The van der Waals surface area contributed by atoms with Crippen molar-refractivity contribution < 1.29 is 22.8 Å². The zero-order chi connectivity index (χ0) is 22.7. The van der Waals surface area contributed by atoms with E-state index in [2.05, 4.69) is 5.32 Å². The van der Waals surface area contributed by atoms with Crippen LogP contribution in [0.25, 0.3) is 10.8 Å². The van der Waals surface area contributed by atoms with Gasteiger partial charge in [0.2, 0.25) is 5.91 Å². The molecule has 3 aromatic rings. The minimum absolute atomic E-state index is 0.0104. The first-order valence-electron chi connectivity index (χ1n) is 10.5. The van der Waals surface area contributed by atoms with Gasteiger partial charge in [0.05, 0.1) is 11.5 Å². The van der Waals surface area contributed by atoms with E-state index in [-0.39, 0.29) is 24.9 Å². The highest BCUT2D eigenvalue weighted by atomic mass is 19.4. The number of hydrogen-bond donors (Lipinski definition) is 1. The third-order valence-corrected chi connectivity index (χ3v) is 5.82. The maximum absolute atomic E-state index is 13.2. The average molecular weight is 440 g/mol. The van der Waals surface area contributed by atoms with Gasteiger partial charge >= 0.3 is 6.18 Å². The van der Waals surface area contributed by atoms with E-state index >= 15 is 0 Å². The summed E-state index contributed by atoms with van der Waals surface area (Å²) in [6, 6.07) is 18.2. The topological polar surface area (TPSA) is 49.4 Å². The van der Waals surface area contributed by atoms with Crippen LogP contribution in [0.2, 0.25) is 0 Å². The summed E-state index contributed by atoms with van der Waals surface area (Å²) in [5.41, 5.74) is 0.245. The van der Waals surface area contributed by atoms with Crippen molar-refractivity contribution in [1.29, 1.82) is 0 Å². The van der Waals surface area contributed by atoms with Crippen molar-refractivity contribution in [2.24, 2.45) is 5.92 Å². The number of piperidine rings is 1. The van der Waals surface area contributed by atoms with Crippen molar-refractivity contribution in [2.75, 3.05) is 13.1 Å². The second-order valence-electron chi connectivity index (χ2n) is 8.03. The third kappa shape index (κ3) is 4.77. The summed E-state index contributed by atoms with van der Waals surface area (Å²) in [4.78, 5) is 27.6. The summed E-state index contributed by atoms with van der Waals surface area (Å²) in [6.45, 7) is 0.868. The fourth-order valence-corrected chi connectivity index (χ4v) is 4.15. The number of carbonyl (C=O) groups is 2. The van der Waals surface area contributed by atoms with Crippen molar-refractivity contribution in [3.05, 3.63) is 83.4 Å². The van der Waals surface area contributed by atoms with Gasteiger partial charge in [-0.15, -0.1) is 0 Å². The quantitative estimate of drug-likeness (QED) is 0.619. The second-order valence-corrected chi connectivity index (χ2v) is 8.03. The van der Waals surface area contributed by atoms with Gasteiger partial charge < -0.3 is 10.2 Å². The van der Waals surface area contributed by atoms with Crippen molar-refractivity contribution >= 4 is 22.6 Å². The fourth-order valence-electron chi connectivity index (χ4n) is 4.15. The van der Waals surface area contributed by atoms with Gasteiger partial charge in [-0.1, -0.05) is 48.5 Å². The van der Waals surface area contributed by atoms with Crippen LogP contribution in [0.4, 0.5) is 13.2 Å². The van der Waals surface area contributed by atoms with Gasteiger partial charge in [0, 0.05) is 25.2 Å². The number of benzene rings is 3. The Balaban J connectivity index is 1.41. The first-order chi connectivity index (χ1) is 15.3. The molecule has 1 N–H and O–H groups in total. The van der Waals surface area contributed by atoms with Gasteiger partial charge in [-0.25, -0.2) is 0 Å². The number of amides is 2. The van der Waals surface area contributed by atoms with Gasteiger partial charge in [0.25, 0.3) is 5.91 Å². The lowest BCUT2D eigenvalue weighted by Gasteiger charge is -2.32. The zero-order valence-corrected chi connectivity index (χ0v) is 17.4. The smallest absolute Gasteiger partial charge is 0.352 e. The van der Waals surface area contributed by atoms with E-state index in [0.29, 0.717) is 30.5 Å². The number of carbonyl (C=O) groups excluding carboxylic acids is 2. The summed E-state index contributed by atoms with van der Waals surface area (Å²) >= 11 is 0. The molecule has 0 bridgehead atoms. The standard InChI is InChI=1S/C25H23F3N2O2/c26-25(27,28)20-10-3-6-17(14-20)15-29-23(31)19-9-5-13-30(16-19)24(32)22-12-4-8-18-7-1-2-11-21(18)22/h1-4,6-8,10-12,14,19H,5,9,13,15-16H2,(H,29,31). The monoisotopic (exact) mass is 440 g/mol. The Morgan fingerprint density at radius 2 is 1.75 bits per heavy atom. The minimum atomic E-state index is -4.42. The molecule has 32 heavy (non-hydrogen) atoms. The van der Waals surface area contributed by atoms with Gasteiger partial charge in [-0.05, 0) is 47.4 Å². The lowest BCUT2D eigenvalue weighted by Crippen LogP contribution is -2.45. The molecule has 0 radical (unpaired) electrons. The molecule has 1 saturated heterocycles. The highest BCUT2D eigenvalue weighted by Gasteiger charge is 2.31. The average Bonchev–Trinajstić information content (AvgIpc) is 2.81. The highest BCUT2D eigenvalue weighted by molar-refractivity contribution is 6.07. The molecule has 166 valence electrons. The lowest BCUT2D eigenvalue weighted by molar-refractivity contribution is -0.137. The Morgan fingerprint density at radius 3 is 2.56 bits per heavy atom. The Labute approximate surface area is 184 Å². The van der Waals surface area contributed by atoms with Gasteiger partial charge in [0.1, 0.15) is 0 Å². The maximum Gasteiger partial charge on any atom is 0.416 e. The zero-order valence-electron chi connectivity index (χ0n) is 17.4. The number of alkyl halides is 3. The molecule has 4 rings (SSSR count). The first kappa shape index (κ1) is 21.9. The maximum atomic E-state index is 13.2. The van der Waals surface area contributed by atoms with E-state index in [9.17, 15) is 22.8 Å². The molecule has 0 saturated carbocycles. The molecule has 0 aromatic heterocycles. The number of nitrogens with one attached hydrogen (secondary N) is 1. The van der Waals surface area contributed by atoms with Crippen LogP contribution in [-0.4, -0.2) is 29.8 Å². The summed E-state index contributed by atoms with van der Waals surface area (Å²) in [7, 11) is 0. The summed E-state index contributed by atoms with van der Waals surface area (Å²) in [6.07, 6.45) is -3.10. The molecular formula is C25H23F3N2O2. The molecule has 1 atom stereocenters.